The van der Waals surface area contributed by atoms with Crippen molar-refractivity contribution in [1.29, 1.82) is 0 Å². The van der Waals surface area contributed by atoms with Crippen LogP contribution in [0.5, 0.6) is 0 Å². The second-order valence-electron chi connectivity index (χ2n) is 5.37. The van der Waals surface area contributed by atoms with E-state index in [9.17, 15) is 0 Å². The summed E-state index contributed by atoms with van der Waals surface area (Å²) in [5.74, 6) is 0.870. The van der Waals surface area contributed by atoms with Gasteiger partial charge < -0.3 is 5.32 Å². The van der Waals surface area contributed by atoms with Gasteiger partial charge in [0.05, 0.1) is 11.9 Å². The highest BCUT2D eigenvalue weighted by Crippen LogP contribution is 2.30. The zero-order chi connectivity index (χ0) is 13.9. The average Bonchev–Trinajstić information content (AvgIpc) is 2.89. The number of hydrogen-bond acceptors (Lipinski definition) is 4. The Morgan fingerprint density at radius 1 is 1.40 bits per heavy atom. The molecular weight excluding hydrogens is 250 g/mol. The molecule has 0 saturated heterocycles. The van der Waals surface area contributed by atoms with E-state index in [4.69, 9.17) is 0 Å². The number of aromatic nitrogens is 4. The van der Waals surface area contributed by atoms with Gasteiger partial charge >= 0.3 is 0 Å². The Morgan fingerprint density at radius 3 is 3.10 bits per heavy atom. The Morgan fingerprint density at radius 2 is 2.30 bits per heavy atom. The Hall–Kier alpha value is -1.75. The number of hydrogen-bond donors (Lipinski definition) is 1. The average molecular weight is 271 g/mol. The zero-order valence-corrected chi connectivity index (χ0v) is 12.1. The van der Waals surface area contributed by atoms with Crippen LogP contribution < -0.4 is 5.32 Å². The van der Waals surface area contributed by atoms with Gasteiger partial charge in [-0.2, -0.15) is 5.10 Å². The number of nitrogens with zero attached hydrogens (tertiary/aromatic N) is 4. The van der Waals surface area contributed by atoms with Gasteiger partial charge in [-0.3, -0.25) is 0 Å². The highest BCUT2D eigenvalue weighted by atomic mass is 15.3. The minimum atomic E-state index is 0.440. The van der Waals surface area contributed by atoms with Gasteiger partial charge in [0.25, 0.3) is 0 Å². The third-order valence-electron chi connectivity index (χ3n) is 3.83. The predicted octanol–water partition coefficient (Wildman–Crippen LogP) is 2.35. The number of aryl methyl sites for hydroxylation is 1. The maximum atomic E-state index is 4.55. The van der Waals surface area contributed by atoms with E-state index in [1.165, 1.54) is 24.1 Å². The summed E-state index contributed by atoms with van der Waals surface area (Å²) in [7, 11) is 0. The molecule has 1 unspecified atom stereocenters. The van der Waals surface area contributed by atoms with Gasteiger partial charge in [-0.1, -0.05) is 6.92 Å². The quantitative estimate of drug-likeness (QED) is 0.927. The van der Waals surface area contributed by atoms with E-state index in [-0.39, 0.29) is 0 Å². The van der Waals surface area contributed by atoms with E-state index >= 15 is 0 Å². The zero-order valence-electron chi connectivity index (χ0n) is 12.1. The molecule has 0 aromatic carbocycles. The van der Waals surface area contributed by atoms with Crippen molar-refractivity contribution in [2.75, 3.05) is 6.54 Å². The molecule has 0 bridgehead atoms. The summed E-state index contributed by atoms with van der Waals surface area (Å²) >= 11 is 0. The van der Waals surface area contributed by atoms with Gasteiger partial charge in [0.15, 0.2) is 5.82 Å². The van der Waals surface area contributed by atoms with Crippen LogP contribution in [0.3, 0.4) is 0 Å². The lowest BCUT2D eigenvalue weighted by molar-refractivity contribution is 0.456. The Bertz CT molecular complexity index is 590. The van der Waals surface area contributed by atoms with Crippen LogP contribution in [-0.2, 0) is 6.42 Å². The fraction of sp³-hybridized carbons (Fsp3) is 0.533. The lowest BCUT2D eigenvalue weighted by atomic mass is 9.93. The van der Waals surface area contributed by atoms with E-state index in [1.807, 2.05) is 23.9 Å². The first kappa shape index (κ1) is 13.2. The van der Waals surface area contributed by atoms with Crippen molar-refractivity contribution < 1.29 is 0 Å². The van der Waals surface area contributed by atoms with Gasteiger partial charge in [0.1, 0.15) is 6.33 Å². The van der Waals surface area contributed by atoms with Gasteiger partial charge in [-0.25, -0.2) is 14.6 Å². The molecule has 1 N–H and O–H groups in total. The maximum absolute atomic E-state index is 4.55. The van der Waals surface area contributed by atoms with Gasteiger partial charge in [0.2, 0.25) is 0 Å². The van der Waals surface area contributed by atoms with Crippen molar-refractivity contribution in [2.45, 2.75) is 45.6 Å². The highest BCUT2D eigenvalue weighted by molar-refractivity contribution is 5.32. The van der Waals surface area contributed by atoms with Crippen molar-refractivity contribution in [2.24, 2.45) is 0 Å². The minimum absolute atomic E-state index is 0.440. The fourth-order valence-corrected chi connectivity index (χ4v) is 2.84. The van der Waals surface area contributed by atoms with Gasteiger partial charge in [-0.05, 0) is 39.2 Å². The number of fused-ring (bicyclic) bond motifs is 1. The first-order valence-corrected chi connectivity index (χ1v) is 7.38. The molecule has 20 heavy (non-hydrogen) atoms. The molecule has 106 valence electrons. The molecule has 2 heterocycles. The molecule has 5 nitrogen and oxygen atoms in total. The van der Waals surface area contributed by atoms with Crippen molar-refractivity contribution in [3.05, 3.63) is 35.5 Å². The molecule has 5 heteroatoms. The van der Waals surface area contributed by atoms with E-state index in [0.717, 1.165) is 30.9 Å². The predicted molar refractivity (Wildman–Crippen MR) is 77.9 cm³/mol. The van der Waals surface area contributed by atoms with E-state index in [0.29, 0.717) is 6.04 Å². The highest BCUT2D eigenvalue weighted by Gasteiger charge is 2.24. The molecular formula is C15H21N5. The van der Waals surface area contributed by atoms with Gasteiger partial charge in [-0.15, -0.1) is 0 Å². The third-order valence-corrected chi connectivity index (χ3v) is 3.83. The third kappa shape index (κ3) is 2.45. The molecule has 0 aliphatic heterocycles. The summed E-state index contributed by atoms with van der Waals surface area (Å²) in [6.07, 6.45) is 8.23. The van der Waals surface area contributed by atoms with Crippen LogP contribution in [-0.4, -0.2) is 26.3 Å². The summed E-state index contributed by atoms with van der Waals surface area (Å²) in [4.78, 5) is 8.50. The molecule has 0 fully saturated rings. The molecule has 0 spiro atoms. The molecule has 1 atom stereocenters. The summed E-state index contributed by atoms with van der Waals surface area (Å²) in [6, 6.07) is 2.42. The van der Waals surface area contributed by atoms with Crippen LogP contribution in [0, 0.1) is 6.92 Å². The SMILES string of the molecule is CCCNC1CCCc2c1cnn2-c1cc(C)ncn1. The smallest absolute Gasteiger partial charge is 0.157 e. The van der Waals surface area contributed by atoms with Crippen molar-refractivity contribution in [3.63, 3.8) is 0 Å². The molecule has 1 aliphatic rings. The first-order valence-electron chi connectivity index (χ1n) is 7.38. The van der Waals surface area contributed by atoms with E-state index < -0.39 is 0 Å². The summed E-state index contributed by atoms with van der Waals surface area (Å²) < 4.78 is 1.98. The van der Waals surface area contributed by atoms with Crippen LogP contribution in [0.15, 0.2) is 18.6 Å². The number of nitrogens with one attached hydrogen (secondary N) is 1. The topological polar surface area (TPSA) is 55.6 Å². The minimum Gasteiger partial charge on any atom is -0.310 e. The van der Waals surface area contributed by atoms with Gasteiger partial charge in [0, 0.05) is 23.4 Å². The molecule has 2 aromatic rings. The Balaban J connectivity index is 1.94. The molecule has 0 saturated carbocycles. The van der Waals surface area contributed by atoms with Crippen molar-refractivity contribution >= 4 is 0 Å². The monoisotopic (exact) mass is 271 g/mol. The molecule has 1 aliphatic carbocycles. The van der Waals surface area contributed by atoms with Crippen molar-refractivity contribution in [1.82, 2.24) is 25.1 Å². The number of rotatable bonds is 4. The molecule has 0 amide bonds. The maximum Gasteiger partial charge on any atom is 0.157 e. The van der Waals surface area contributed by atoms with E-state index in [1.54, 1.807) is 6.33 Å². The Labute approximate surface area is 119 Å². The van der Waals surface area contributed by atoms with Crippen LogP contribution >= 0.6 is 0 Å². The molecule has 2 aromatic heterocycles. The normalized spacial score (nSPS) is 18.0. The fourth-order valence-electron chi connectivity index (χ4n) is 2.84. The standard InChI is InChI=1S/C15H21N5/c1-3-7-16-13-5-4-6-14-12(13)9-19-20(14)15-8-11(2)17-10-18-15/h8-10,13,16H,3-7H2,1-2H3. The Kier molecular flexibility index (Phi) is 3.78. The van der Waals surface area contributed by atoms with Crippen LogP contribution in [0.2, 0.25) is 0 Å². The van der Waals surface area contributed by atoms with Crippen LogP contribution in [0.25, 0.3) is 5.82 Å². The summed E-state index contributed by atoms with van der Waals surface area (Å²) in [5, 5.41) is 8.17. The van der Waals surface area contributed by atoms with Crippen LogP contribution in [0.4, 0.5) is 0 Å². The lowest BCUT2D eigenvalue weighted by Crippen LogP contribution is -2.26. The summed E-state index contributed by atoms with van der Waals surface area (Å²) in [5.41, 5.74) is 3.60. The second-order valence-corrected chi connectivity index (χ2v) is 5.37. The molecule has 3 rings (SSSR count). The van der Waals surface area contributed by atoms with E-state index in [2.05, 4.69) is 27.3 Å². The second kappa shape index (κ2) is 5.71. The summed E-state index contributed by atoms with van der Waals surface area (Å²) in [6.45, 7) is 5.23. The molecule has 0 radical (unpaired) electrons. The van der Waals surface area contributed by atoms with Crippen LogP contribution in [0.1, 0.15) is 49.2 Å². The largest absolute Gasteiger partial charge is 0.310 e. The lowest BCUT2D eigenvalue weighted by Gasteiger charge is -2.24. The first-order chi connectivity index (χ1) is 9.79. The van der Waals surface area contributed by atoms with Crippen molar-refractivity contribution in [3.8, 4) is 5.82 Å².